The van der Waals surface area contributed by atoms with Gasteiger partial charge in [0.25, 0.3) is 0 Å². The van der Waals surface area contributed by atoms with Gasteiger partial charge in [0.1, 0.15) is 5.75 Å². The largest absolute Gasteiger partial charge is 0.497 e. The molecule has 1 nitrogen and oxygen atoms in total. The fourth-order valence-corrected chi connectivity index (χ4v) is 2.69. The van der Waals surface area contributed by atoms with Gasteiger partial charge in [-0.3, -0.25) is 0 Å². The van der Waals surface area contributed by atoms with Crippen molar-refractivity contribution in [2.75, 3.05) is 7.11 Å². The lowest BCUT2D eigenvalue weighted by molar-refractivity contribution is 0.225. The Labute approximate surface area is 111 Å². The van der Waals surface area contributed by atoms with E-state index >= 15 is 0 Å². The van der Waals surface area contributed by atoms with Crippen LogP contribution in [-0.4, -0.2) is 7.11 Å². The molecule has 1 aliphatic carbocycles. The lowest BCUT2D eigenvalue weighted by atomic mass is 9.72. The van der Waals surface area contributed by atoms with Gasteiger partial charge in [0, 0.05) is 0 Å². The third kappa shape index (κ3) is 2.95. The molecule has 98 valence electrons. The minimum atomic E-state index is 0.432. The number of ether oxygens (including phenoxy) is 1. The van der Waals surface area contributed by atoms with Crippen molar-refractivity contribution in [1.82, 2.24) is 0 Å². The highest BCUT2D eigenvalue weighted by atomic mass is 16.5. The molecule has 0 saturated heterocycles. The minimum absolute atomic E-state index is 0.432. The normalized spacial score (nSPS) is 20.4. The standard InChI is InChI=1S/C17H24O/c1-17(2,3)15-9-5-13(6-10-15)14-7-11-16(18-4)12-8-14/h5,7-8,11-12,15H,6,9-10H2,1-4H3. The highest BCUT2D eigenvalue weighted by molar-refractivity contribution is 5.66. The third-order valence-corrected chi connectivity index (χ3v) is 4.10. The van der Waals surface area contributed by atoms with Crippen LogP contribution in [0.1, 0.15) is 45.6 Å². The lowest BCUT2D eigenvalue weighted by Gasteiger charge is -2.33. The van der Waals surface area contributed by atoms with Gasteiger partial charge in [-0.2, -0.15) is 0 Å². The summed E-state index contributed by atoms with van der Waals surface area (Å²) in [6, 6.07) is 8.43. The lowest BCUT2D eigenvalue weighted by Crippen LogP contribution is -2.21. The summed E-state index contributed by atoms with van der Waals surface area (Å²) in [7, 11) is 1.71. The molecule has 0 spiro atoms. The number of hydrogen-bond donors (Lipinski definition) is 0. The van der Waals surface area contributed by atoms with Crippen molar-refractivity contribution in [3.05, 3.63) is 35.9 Å². The van der Waals surface area contributed by atoms with Crippen molar-refractivity contribution < 1.29 is 4.74 Å². The second-order valence-electron chi connectivity index (χ2n) is 6.30. The average Bonchev–Trinajstić information content (AvgIpc) is 2.38. The van der Waals surface area contributed by atoms with Crippen LogP contribution in [0.3, 0.4) is 0 Å². The first-order chi connectivity index (χ1) is 8.50. The van der Waals surface area contributed by atoms with Crippen molar-refractivity contribution in [3.63, 3.8) is 0 Å². The smallest absolute Gasteiger partial charge is 0.118 e. The summed E-state index contributed by atoms with van der Waals surface area (Å²) in [5.41, 5.74) is 3.28. The fourth-order valence-electron chi connectivity index (χ4n) is 2.69. The molecule has 0 bridgehead atoms. The van der Waals surface area contributed by atoms with Gasteiger partial charge in [0.05, 0.1) is 7.11 Å². The molecular weight excluding hydrogens is 220 g/mol. The Morgan fingerprint density at radius 2 is 1.78 bits per heavy atom. The molecule has 0 saturated carbocycles. The zero-order valence-corrected chi connectivity index (χ0v) is 12.0. The Balaban J connectivity index is 2.09. The second kappa shape index (κ2) is 5.17. The fraction of sp³-hybridized carbons (Fsp3) is 0.529. The molecule has 1 aromatic carbocycles. The number of hydrogen-bond acceptors (Lipinski definition) is 1. The molecule has 1 unspecified atom stereocenters. The minimum Gasteiger partial charge on any atom is -0.497 e. The Hall–Kier alpha value is -1.24. The van der Waals surface area contributed by atoms with Gasteiger partial charge >= 0.3 is 0 Å². The summed E-state index contributed by atoms with van der Waals surface area (Å²) < 4.78 is 5.20. The summed E-state index contributed by atoms with van der Waals surface area (Å²) in [4.78, 5) is 0. The zero-order valence-electron chi connectivity index (χ0n) is 12.0. The van der Waals surface area contributed by atoms with Crippen molar-refractivity contribution in [3.8, 4) is 5.75 Å². The third-order valence-electron chi connectivity index (χ3n) is 4.10. The van der Waals surface area contributed by atoms with E-state index in [-0.39, 0.29) is 0 Å². The van der Waals surface area contributed by atoms with Crippen LogP contribution in [0.5, 0.6) is 5.75 Å². The summed E-state index contributed by atoms with van der Waals surface area (Å²) >= 11 is 0. The predicted octanol–water partition coefficient (Wildman–Crippen LogP) is 4.92. The van der Waals surface area contributed by atoms with Gasteiger partial charge in [-0.1, -0.05) is 39.0 Å². The van der Waals surface area contributed by atoms with Crippen molar-refractivity contribution in [2.24, 2.45) is 11.3 Å². The van der Waals surface area contributed by atoms with Crippen LogP contribution in [0.25, 0.3) is 5.57 Å². The monoisotopic (exact) mass is 244 g/mol. The second-order valence-corrected chi connectivity index (χ2v) is 6.30. The maximum Gasteiger partial charge on any atom is 0.118 e. The van der Waals surface area contributed by atoms with Crippen molar-refractivity contribution in [2.45, 2.75) is 40.0 Å². The summed E-state index contributed by atoms with van der Waals surface area (Å²) in [5.74, 6) is 1.75. The molecule has 0 aliphatic heterocycles. The quantitative estimate of drug-likeness (QED) is 0.717. The number of benzene rings is 1. The van der Waals surface area contributed by atoms with E-state index in [1.165, 1.54) is 30.4 Å². The molecule has 1 aliphatic rings. The van der Waals surface area contributed by atoms with E-state index in [9.17, 15) is 0 Å². The van der Waals surface area contributed by atoms with Crippen molar-refractivity contribution >= 4 is 5.57 Å². The van der Waals surface area contributed by atoms with Crippen LogP contribution < -0.4 is 4.74 Å². The van der Waals surface area contributed by atoms with Crippen molar-refractivity contribution in [1.29, 1.82) is 0 Å². The molecule has 1 aromatic rings. The first kappa shape index (κ1) is 13.2. The Kier molecular flexibility index (Phi) is 3.79. The molecule has 18 heavy (non-hydrogen) atoms. The van der Waals surface area contributed by atoms with Crippen LogP contribution >= 0.6 is 0 Å². The number of methoxy groups -OCH3 is 1. The summed E-state index contributed by atoms with van der Waals surface area (Å²) in [6.07, 6.45) is 6.15. The van der Waals surface area contributed by atoms with Crippen LogP contribution in [0, 0.1) is 11.3 Å². The molecule has 0 radical (unpaired) electrons. The van der Waals surface area contributed by atoms with E-state index in [0.717, 1.165) is 11.7 Å². The molecule has 1 heteroatoms. The molecule has 0 fully saturated rings. The molecule has 0 heterocycles. The van der Waals surface area contributed by atoms with Gasteiger partial charge < -0.3 is 4.74 Å². The van der Waals surface area contributed by atoms with Crippen LogP contribution in [0.2, 0.25) is 0 Å². The Morgan fingerprint density at radius 1 is 1.11 bits per heavy atom. The van der Waals surface area contributed by atoms with Gasteiger partial charge in [-0.25, -0.2) is 0 Å². The first-order valence-electron chi connectivity index (χ1n) is 6.84. The van der Waals surface area contributed by atoms with Gasteiger partial charge in [-0.15, -0.1) is 0 Å². The Morgan fingerprint density at radius 3 is 2.22 bits per heavy atom. The first-order valence-corrected chi connectivity index (χ1v) is 6.84. The maximum absolute atomic E-state index is 5.20. The highest BCUT2D eigenvalue weighted by Gasteiger charge is 2.26. The number of allylic oxidation sites excluding steroid dienone is 2. The molecule has 0 N–H and O–H groups in total. The average molecular weight is 244 g/mol. The summed E-state index contributed by atoms with van der Waals surface area (Å²) in [6.45, 7) is 7.05. The van der Waals surface area contributed by atoms with E-state index in [0.29, 0.717) is 5.41 Å². The van der Waals surface area contributed by atoms with Crippen LogP contribution in [0.4, 0.5) is 0 Å². The van der Waals surface area contributed by atoms with E-state index in [4.69, 9.17) is 4.74 Å². The van der Waals surface area contributed by atoms with E-state index < -0.39 is 0 Å². The van der Waals surface area contributed by atoms with Gasteiger partial charge in [0.15, 0.2) is 0 Å². The topological polar surface area (TPSA) is 9.23 Å². The van der Waals surface area contributed by atoms with Crippen LogP contribution in [-0.2, 0) is 0 Å². The van der Waals surface area contributed by atoms with Gasteiger partial charge in [0.2, 0.25) is 0 Å². The zero-order chi connectivity index (χ0) is 13.2. The van der Waals surface area contributed by atoms with Gasteiger partial charge in [-0.05, 0) is 53.9 Å². The molecule has 0 amide bonds. The number of rotatable bonds is 2. The molecule has 1 atom stereocenters. The van der Waals surface area contributed by atoms with E-state index in [1.54, 1.807) is 7.11 Å². The van der Waals surface area contributed by atoms with Crippen LogP contribution in [0.15, 0.2) is 30.3 Å². The molecule has 2 rings (SSSR count). The maximum atomic E-state index is 5.20. The van der Waals surface area contributed by atoms with E-state index in [1.807, 2.05) is 12.1 Å². The highest BCUT2D eigenvalue weighted by Crippen LogP contribution is 2.39. The molecular formula is C17H24O. The Bertz CT molecular complexity index is 420. The molecule has 0 aromatic heterocycles. The summed E-state index contributed by atoms with van der Waals surface area (Å²) in [5, 5.41) is 0. The predicted molar refractivity (Wildman–Crippen MR) is 77.8 cm³/mol. The SMILES string of the molecule is COc1ccc(C2=CCC(C(C)(C)C)CC2)cc1. The van der Waals surface area contributed by atoms with E-state index in [2.05, 4.69) is 39.0 Å².